The highest BCUT2D eigenvalue weighted by atomic mass is 14.5. The van der Waals surface area contributed by atoms with E-state index < -0.39 is 0 Å². The summed E-state index contributed by atoms with van der Waals surface area (Å²) in [6.45, 7) is 4.56. The second-order valence-electron chi connectivity index (χ2n) is 10.6. The molecule has 1 heteroatoms. The Balaban J connectivity index is 1.40. The van der Waals surface area contributed by atoms with Crippen molar-refractivity contribution in [1.29, 1.82) is 5.26 Å². The van der Waals surface area contributed by atoms with Gasteiger partial charge in [-0.15, -0.1) is 0 Å². The van der Waals surface area contributed by atoms with E-state index in [9.17, 15) is 5.26 Å². The highest BCUT2D eigenvalue weighted by Crippen LogP contribution is 2.49. The van der Waals surface area contributed by atoms with Crippen LogP contribution in [0.1, 0.15) is 123 Å². The van der Waals surface area contributed by atoms with Gasteiger partial charge in [-0.25, -0.2) is 0 Å². The minimum atomic E-state index is 0.0237. The SMILES string of the molecule is CCCCCC1CCC(C2CCC(C3CCCC(C#N)(CC)C3)CC2)CC1. The molecular weight excluding hydrogens is 326 g/mol. The molecule has 0 bridgehead atoms. The van der Waals surface area contributed by atoms with Crippen molar-refractivity contribution >= 4 is 0 Å². The van der Waals surface area contributed by atoms with Gasteiger partial charge in [0, 0.05) is 0 Å². The van der Waals surface area contributed by atoms with E-state index >= 15 is 0 Å². The van der Waals surface area contributed by atoms with Crippen LogP contribution in [-0.2, 0) is 0 Å². The smallest absolute Gasteiger partial charge is 0.0689 e. The highest BCUT2D eigenvalue weighted by Gasteiger charge is 2.40. The van der Waals surface area contributed by atoms with Crippen LogP contribution in [0.2, 0.25) is 0 Å². The zero-order valence-corrected chi connectivity index (χ0v) is 18.4. The van der Waals surface area contributed by atoms with Crippen molar-refractivity contribution in [2.45, 2.75) is 123 Å². The van der Waals surface area contributed by atoms with Crippen molar-refractivity contribution in [2.24, 2.45) is 35.0 Å². The van der Waals surface area contributed by atoms with Gasteiger partial charge in [0.25, 0.3) is 0 Å². The third-order valence-corrected chi connectivity index (χ3v) is 9.05. The van der Waals surface area contributed by atoms with E-state index in [4.69, 9.17) is 0 Å². The number of nitrogens with zero attached hydrogens (tertiary/aromatic N) is 1. The van der Waals surface area contributed by atoms with Crippen LogP contribution in [0.25, 0.3) is 0 Å². The van der Waals surface area contributed by atoms with E-state index in [0.29, 0.717) is 0 Å². The maximum absolute atomic E-state index is 9.71. The highest BCUT2D eigenvalue weighted by molar-refractivity contribution is 5.02. The van der Waals surface area contributed by atoms with E-state index in [1.807, 2.05) is 0 Å². The molecule has 3 fully saturated rings. The number of rotatable bonds is 7. The minimum absolute atomic E-state index is 0.0237. The molecule has 2 atom stereocenters. The van der Waals surface area contributed by atoms with E-state index in [1.165, 1.54) is 96.3 Å². The largest absolute Gasteiger partial charge is 0.198 e. The molecule has 0 aromatic carbocycles. The molecule has 0 saturated heterocycles. The number of nitriles is 1. The third kappa shape index (κ3) is 5.52. The van der Waals surface area contributed by atoms with Crippen molar-refractivity contribution in [3.8, 4) is 6.07 Å². The summed E-state index contributed by atoms with van der Waals surface area (Å²) in [6, 6.07) is 2.72. The van der Waals surface area contributed by atoms with E-state index in [2.05, 4.69) is 19.9 Å². The Hall–Kier alpha value is -0.510. The molecular formula is C26H45N. The molecule has 2 unspecified atom stereocenters. The lowest BCUT2D eigenvalue weighted by Crippen LogP contribution is -2.33. The molecule has 0 aromatic heterocycles. The summed E-state index contributed by atoms with van der Waals surface area (Å²) in [5.74, 6) is 4.93. The molecule has 1 nitrogen and oxygen atoms in total. The fourth-order valence-electron chi connectivity index (χ4n) is 7.03. The molecule has 3 rings (SSSR count). The zero-order valence-electron chi connectivity index (χ0n) is 18.4. The van der Waals surface area contributed by atoms with Gasteiger partial charge in [-0.1, -0.05) is 65.2 Å². The monoisotopic (exact) mass is 371 g/mol. The van der Waals surface area contributed by atoms with Crippen molar-refractivity contribution in [1.82, 2.24) is 0 Å². The van der Waals surface area contributed by atoms with Gasteiger partial charge in [0.2, 0.25) is 0 Å². The molecule has 3 saturated carbocycles. The first-order valence-electron chi connectivity index (χ1n) is 12.6. The molecule has 0 amide bonds. The van der Waals surface area contributed by atoms with Crippen LogP contribution in [0.4, 0.5) is 0 Å². The maximum Gasteiger partial charge on any atom is 0.0689 e. The van der Waals surface area contributed by atoms with Crippen molar-refractivity contribution in [2.75, 3.05) is 0 Å². The molecule has 154 valence electrons. The molecule has 0 aromatic rings. The van der Waals surface area contributed by atoms with Crippen molar-refractivity contribution < 1.29 is 0 Å². The minimum Gasteiger partial charge on any atom is -0.198 e. The van der Waals surface area contributed by atoms with E-state index in [0.717, 1.165) is 42.4 Å². The molecule has 0 N–H and O–H groups in total. The van der Waals surface area contributed by atoms with Gasteiger partial charge in [-0.3, -0.25) is 0 Å². The molecule has 0 spiro atoms. The van der Waals surface area contributed by atoms with Crippen LogP contribution in [-0.4, -0.2) is 0 Å². The van der Waals surface area contributed by atoms with E-state index in [-0.39, 0.29) is 5.41 Å². The Bertz CT molecular complexity index is 461. The van der Waals surface area contributed by atoms with Crippen LogP contribution in [0.5, 0.6) is 0 Å². The second kappa shape index (κ2) is 10.3. The lowest BCUT2D eigenvalue weighted by atomic mass is 9.61. The van der Waals surface area contributed by atoms with Crippen molar-refractivity contribution in [3.05, 3.63) is 0 Å². The predicted molar refractivity (Wildman–Crippen MR) is 115 cm³/mol. The standard InChI is InChI=1S/C26H45N/c1-3-5-6-8-21-10-12-22(13-11-21)23-14-16-24(17-15-23)25-9-7-18-26(4-2,19-25)20-27/h21-25H,3-19H2,1-2H3. The van der Waals surface area contributed by atoms with Gasteiger partial charge in [0.05, 0.1) is 11.5 Å². The summed E-state index contributed by atoms with van der Waals surface area (Å²) in [4.78, 5) is 0. The molecule has 27 heavy (non-hydrogen) atoms. The fraction of sp³-hybridized carbons (Fsp3) is 0.962. The summed E-state index contributed by atoms with van der Waals surface area (Å²) in [7, 11) is 0. The van der Waals surface area contributed by atoms with Crippen LogP contribution in [0.3, 0.4) is 0 Å². The Kier molecular flexibility index (Phi) is 8.10. The van der Waals surface area contributed by atoms with Gasteiger partial charge in [0.1, 0.15) is 0 Å². The summed E-state index contributed by atoms with van der Waals surface area (Å²) >= 11 is 0. The summed E-state index contributed by atoms with van der Waals surface area (Å²) in [5.41, 5.74) is 0.0237. The summed E-state index contributed by atoms with van der Waals surface area (Å²) in [5, 5.41) is 9.71. The Labute approximate surface area is 169 Å². The Morgan fingerprint density at radius 3 is 1.93 bits per heavy atom. The molecule has 0 heterocycles. The molecule has 3 aliphatic rings. The maximum atomic E-state index is 9.71. The predicted octanol–water partition coefficient (Wildman–Crippen LogP) is 8.29. The summed E-state index contributed by atoms with van der Waals surface area (Å²) < 4.78 is 0. The Morgan fingerprint density at radius 1 is 0.778 bits per heavy atom. The van der Waals surface area contributed by atoms with Crippen LogP contribution in [0.15, 0.2) is 0 Å². The average Bonchev–Trinajstić information content (AvgIpc) is 2.74. The van der Waals surface area contributed by atoms with Gasteiger partial charge in [-0.2, -0.15) is 5.26 Å². The van der Waals surface area contributed by atoms with Crippen molar-refractivity contribution in [3.63, 3.8) is 0 Å². The number of unbranched alkanes of at least 4 members (excludes halogenated alkanes) is 2. The lowest BCUT2D eigenvalue weighted by Gasteiger charge is -2.43. The van der Waals surface area contributed by atoms with Crippen LogP contribution < -0.4 is 0 Å². The van der Waals surface area contributed by atoms with Gasteiger partial charge in [0.15, 0.2) is 0 Å². The Morgan fingerprint density at radius 2 is 1.37 bits per heavy atom. The lowest BCUT2D eigenvalue weighted by molar-refractivity contribution is 0.0838. The number of hydrogen-bond acceptors (Lipinski definition) is 1. The normalized spacial score (nSPS) is 40.4. The number of hydrogen-bond donors (Lipinski definition) is 0. The quantitative estimate of drug-likeness (QED) is 0.413. The van der Waals surface area contributed by atoms with Gasteiger partial charge < -0.3 is 0 Å². The molecule has 0 radical (unpaired) electrons. The fourth-order valence-corrected chi connectivity index (χ4v) is 7.03. The van der Waals surface area contributed by atoms with E-state index in [1.54, 1.807) is 0 Å². The second-order valence-corrected chi connectivity index (χ2v) is 10.6. The van der Waals surface area contributed by atoms with Gasteiger partial charge >= 0.3 is 0 Å². The van der Waals surface area contributed by atoms with Gasteiger partial charge in [-0.05, 0) is 87.4 Å². The first-order valence-corrected chi connectivity index (χ1v) is 12.6. The van der Waals surface area contributed by atoms with Crippen LogP contribution in [0, 0.1) is 46.3 Å². The first kappa shape index (κ1) is 21.2. The third-order valence-electron chi connectivity index (χ3n) is 9.05. The first-order chi connectivity index (χ1) is 13.2. The topological polar surface area (TPSA) is 23.8 Å². The zero-order chi connectivity index (χ0) is 19.1. The van der Waals surface area contributed by atoms with Crippen LogP contribution >= 0.6 is 0 Å². The molecule has 3 aliphatic carbocycles. The average molecular weight is 372 g/mol. The summed E-state index contributed by atoms with van der Waals surface area (Å²) in [6.07, 6.45) is 24.0. The molecule has 0 aliphatic heterocycles.